The van der Waals surface area contributed by atoms with Crippen LogP contribution in [0.1, 0.15) is 40.9 Å². The summed E-state index contributed by atoms with van der Waals surface area (Å²) in [6, 6.07) is 0. The van der Waals surface area contributed by atoms with Crippen LogP contribution in [0.3, 0.4) is 0 Å². The quantitative estimate of drug-likeness (QED) is 0.671. The lowest BCUT2D eigenvalue weighted by molar-refractivity contribution is -0.137. The van der Waals surface area contributed by atoms with Crippen LogP contribution in [0.15, 0.2) is 11.1 Å². The zero-order valence-electron chi connectivity index (χ0n) is 12.1. The molecule has 7 nitrogen and oxygen atoms in total. The minimum absolute atomic E-state index is 0.151. The molecule has 2 rings (SSSR count). The van der Waals surface area contributed by atoms with Gasteiger partial charge in [0.2, 0.25) is 0 Å². The highest BCUT2D eigenvalue weighted by atomic mass is 32.1. The van der Waals surface area contributed by atoms with Gasteiger partial charge in [-0.15, -0.1) is 11.3 Å². The van der Waals surface area contributed by atoms with Crippen molar-refractivity contribution in [2.45, 2.75) is 32.6 Å². The lowest BCUT2D eigenvalue weighted by Crippen LogP contribution is -2.24. The van der Waals surface area contributed by atoms with Crippen LogP contribution < -0.4 is 10.9 Å². The van der Waals surface area contributed by atoms with Crippen LogP contribution in [0.4, 0.5) is 0 Å². The number of carbonyl (C=O) groups excluding carboxylic acids is 1. The Morgan fingerprint density at radius 2 is 2.14 bits per heavy atom. The van der Waals surface area contributed by atoms with Crippen molar-refractivity contribution in [3.63, 3.8) is 0 Å². The van der Waals surface area contributed by atoms with Crippen molar-refractivity contribution in [1.82, 2.24) is 15.3 Å². The third-order valence-electron chi connectivity index (χ3n) is 3.29. The number of H-pyrrole nitrogens is 1. The summed E-state index contributed by atoms with van der Waals surface area (Å²) >= 11 is 1.20. The Bertz CT molecular complexity index is 750. The Morgan fingerprint density at radius 1 is 1.36 bits per heavy atom. The number of aromatic nitrogens is 2. The molecule has 0 saturated heterocycles. The van der Waals surface area contributed by atoms with Crippen molar-refractivity contribution in [1.29, 1.82) is 0 Å². The maximum atomic E-state index is 12.2. The van der Waals surface area contributed by atoms with Gasteiger partial charge in [0.1, 0.15) is 4.83 Å². The molecule has 2 aromatic rings. The summed E-state index contributed by atoms with van der Waals surface area (Å²) in [5, 5.41) is 11.8. The smallest absolute Gasteiger partial charge is 0.303 e. The predicted octanol–water partition coefficient (Wildman–Crippen LogP) is 1.67. The zero-order valence-corrected chi connectivity index (χ0v) is 13.0. The number of hydrogen-bond acceptors (Lipinski definition) is 5. The van der Waals surface area contributed by atoms with Crippen LogP contribution in [-0.2, 0) is 4.79 Å². The number of hydrogen-bond donors (Lipinski definition) is 3. The van der Waals surface area contributed by atoms with Gasteiger partial charge in [0.15, 0.2) is 0 Å². The minimum Gasteiger partial charge on any atom is -0.481 e. The molecule has 2 heterocycles. The number of fused-ring (bicyclic) bond motifs is 1. The molecule has 0 aliphatic carbocycles. The van der Waals surface area contributed by atoms with Crippen molar-refractivity contribution >= 4 is 33.4 Å². The van der Waals surface area contributed by atoms with Gasteiger partial charge >= 0.3 is 5.97 Å². The molecule has 0 saturated carbocycles. The number of aromatic amines is 1. The number of carboxylic acid groups (broad SMARTS) is 1. The predicted molar refractivity (Wildman–Crippen MR) is 83.4 cm³/mol. The number of aliphatic carboxylic acids is 1. The van der Waals surface area contributed by atoms with E-state index in [1.807, 2.05) is 0 Å². The van der Waals surface area contributed by atoms with E-state index in [4.69, 9.17) is 5.11 Å². The van der Waals surface area contributed by atoms with Crippen LogP contribution in [0.2, 0.25) is 0 Å². The zero-order chi connectivity index (χ0) is 16.1. The first kappa shape index (κ1) is 16.2. The van der Waals surface area contributed by atoms with Crippen molar-refractivity contribution in [2.75, 3.05) is 6.54 Å². The Labute approximate surface area is 130 Å². The summed E-state index contributed by atoms with van der Waals surface area (Å²) < 4.78 is 0. The molecule has 8 heteroatoms. The standard InChI is InChI=1S/C14H17N3O4S/c1-8-10-12(20)16-7-17-14(10)22-11(8)13(21)15-6-4-2-3-5-9(18)19/h7H,2-6H2,1H3,(H,15,21)(H,18,19)(H,16,17,20). The third-order valence-corrected chi connectivity index (χ3v) is 4.49. The lowest BCUT2D eigenvalue weighted by Gasteiger charge is -2.04. The number of aryl methyl sites for hydroxylation is 1. The number of carboxylic acids is 1. The molecule has 0 radical (unpaired) electrons. The van der Waals surface area contributed by atoms with E-state index in [1.54, 1.807) is 6.92 Å². The van der Waals surface area contributed by atoms with E-state index in [1.165, 1.54) is 17.7 Å². The number of nitrogens with zero attached hydrogens (tertiary/aromatic N) is 1. The number of unbranched alkanes of at least 4 members (excludes halogenated alkanes) is 2. The normalized spacial score (nSPS) is 10.8. The van der Waals surface area contributed by atoms with E-state index in [0.717, 1.165) is 12.8 Å². The van der Waals surface area contributed by atoms with E-state index in [9.17, 15) is 14.4 Å². The summed E-state index contributed by atoms with van der Waals surface area (Å²) in [6.07, 6.45) is 3.55. The second kappa shape index (κ2) is 7.17. The molecule has 0 atom stereocenters. The first-order valence-corrected chi connectivity index (χ1v) is 7.79. The summed E-state index contributed by atoms with van der Waals surface area (Å²) in [5.41, 5.74) is 0.393. The fourth-order valence-electron chi connectivity index (χ4n) is 2.16. The molecular weight excluding hydrogens is 306 g/mol. The topological polar surface area (TPSA) is 112 Å². The molecule has 22 heavy (non-hydrogen) atoms. The van der Waals surface area contributed by atoms with Gasteiger partial charge in [0, 0.05) is 13.0 Å². The first-order chi connectivity index (χ1) is 10.5. The Kier molecular flexibility index (Phi) is 5.26. The van der Waals surface area contributed by atoms with Gasteiger partial charge in [-0.1, -0.05) is 6.42 Å². The van der Waals surface area contributed by atoms with Gasteiger partial charge in [0.05, 0.1) is 16.6 Å². The highest BCUT2D eigenvalue weighted by Crippen LogP contribution is 2.26. The van der Waals surface area contributed by atoms with Gasteiger partial charge in [0.25, 0.3) is 11.5 Å². The number of thiophene rings is 1. The maximum Gasteiger partial charge on any atom is 0.303 e. The fourth-order valence-corrected chi connectivity index (χ4v) is 3.22. The van der Waals surface area contributed by atoms with E-state index in [2.05, 4.69) is 15.3 Å². The average Bonchev–Trinajstić information content (AvgIpc) is 2.81. The second-order valence-electron chi connectivity index (χ2n) is 4.93. The number of rotatable bonds is 7. The Balaban J connectivity index is 1.93. The summed E-state index contributed by atoms with van der Waals surface area (Å²) in [6.45, 7) is 2.22. The molecule has 0 unspecified atom stereocenters. The van der Waals surface area contributed by atoms with Crippen molar-refractivity contribution in [3.05, 3.63) is 27.1 Å². The molecule has 0 aromatic carbocycles. The SMILES string of the molecule is Cc1c(C(=O)NCCCCCC(=O)O)sc2nc[nH]c(=O)c12. The third kappa shape index (κ3) is 3.70. The molecule has 3 N–H and O–H groups in total. The molecule has 2 aromatic heterocycles. The first-order valence-electron chi connectivity index (χ1n) is 6.97. The monoisotopic (exact) mass is 323 g/mol. The molecule has 1 amide bonds. The van der Waals surface area contributed by atoms with Crippen LogP contribution in [0, 0.1) is 6.92 Å². The molecule has 0 spiro atoms. The summed E-state index contributed by atoms with van der Waals surface area (Å²) in [7, 11) is 0. The van der Waals surface area contributed by atoms with Crippen LogP contribution >= 0.6 is 11.3 Å². The van der Waals surface area contributed by atoms with E-state index in [-0.39, 0.29) is 17.9 Å². The van der Waals surface area contributed by atoms with Gasteiger partial charge in [-0.2, -0.15) is 0 Å². The van der Waals surface area contributed by atoms with Gasteiger partial charge < -0.3 is 15.4 Å². The van der Waals surface area contributed by atoms with Crippen molar-refractivity contribution in [2.24, 2.45) is 0 Å². The molecular formula is C14H17N3O4S. The molecule has 0 bridgehead atoms. The molecule has 0 aliphatic rings. The van der Waals surface area contributed by atoms with Crippen LogP contribution in [-0.4, -0.2) is 33.5 Å². The molecule has 0 fully saturated rings. The highest BCUT2D eigenvalue weighted by Gasteiger charge is 2.17. The van der Waals surface area contributed by atoms with E-state index in [0.29, 0.717) is 33.6 Å². The van der Waals surface area contributed by atoms with Gasteiger partial charge in [-0.3, -0.25) is 14.4 Å². The number of amides is 1. The second-order valence-corrected chi connectivity index (χ2v) is 5.93. The fraction of sp³-hybridized carbons (Fsp3) is 0.429. The van der Waals surface area contributed by atoms with Gasteiger partial charge in [-0.05, 0) is 25.3 Å². The van der Waals surface area contributed by atoms with Crippen molar-refractivity contribution in [3.8, 4) is 0 Å². The van der Waals surface area contributed by atoms with Crippen LogP contribution in [0.5, 0.6) is 0 Å². The summed E-state index contributed by atoms with van der Waals surface area (Å²) in [4.78, 5) is 41.9. The Hall–Kier alpha value is -2.22. The highest BCUT2D eigenvalue weighted by molar-refractivity contribution is 7.20. The minimum atomic E-state index is -0.803. The summed E-state index contributed by atoms with van der Waals surface area (Å²) in [5.74, 6) is -1.03. The molecule has 118 valence electrons. The van der Waals surface area contributed by atoms with E-state index < -0.39 is 5.97 Å². The number of nitrogens with one attached hydrogen (secondary N) is 2. The largest absolute Gasteiger partial charge is 0.481 e. The van der Waals surface area contributed by atoms with Crippen LogP contribution in [0.25, 0.3) is 10.2 Å². The van der Waals surface area contributed by atoms with Gasteiger partial charge in [-0.25, -0.2) is 4.98 Å². The average molecular weight is 323 g/mol. The number of carbonyl (C=O) groups is 2. The Morgan fingerprint density at radius 3 is 2.82 bits per heavy atom. The van der Waals surface area contributed by atoms with Crippen molar-refractivity contribution < 1.29 is 14.7 Å². The van der Waals surface area contributed by atoms with E-state index >= 15 is 0 Å². The molecule has 0 aliphatic heterocycles. The lowest BCUT2D eigenvalue weighted by atomic mass is 10.2. The maximum absolute atomic E-state index is 12.2.